The van der Waals surface area contributed by atoms with Gasteiger partial charge in [0.1, 0.15) is 0 Å². The summed E-state index contributed by atoms with van der Waals surface area (Å²) in [5.41, 5.74) is -0.418. The number of rotatable bonds is 4. The summed E-state index contributed by atoms with van der Waals surface area (Å²) < 4.78 is 37.6. The van der Waals surface area contributed by atoms with Gasteiger partial charge in [0.2, 0.25) is 0 Å². The number of hydrogen-bond donors (Lipinski definition) is 2. The van der Waals surface area contributed by atoms with Crippen LogP contribution in [0.1, 0.15) is 38.7 Å². The van der Waals surface area contributed by atoms with Gasteiger partial charge in [-0.25, -0.2) is 4.79 Å². The summed E-state index contributed by atoms with van der Waals surface area (Å²) in [4.78, 5) is 15.2. The molecule has 0 saturated carbocycles. The third-order valence-corrected chi connectivity index (χ3v) is 5.31. The average Bonchev–Trinajstić information content (AvgIpc) is 2.60. The van der Waals surface area contributed by atoms with Crippen LogP contribution in [0.4, 0.5) is 23.7 Å². The van der Waals surface area contributed by atoms with E-state index in [0.29, 0.717) is 11.6 Å². The Labute approximate surface area is 157 Å². The Morgan fingerprint density at radius 2 is 1.85 bits per heavy atom. The fraction of sp³-hybridized carbons (Fsp3) is 0.556. The minimum Gasteiger partial charge on any atom is -0.366 e. The van der Waals surface area contributed by atoms with E-state index in [0.717, 1.165) is 49.5 Å². The number of carbonyl (C=O) groups excluding carboxylic acids is 1. The van der Waals surface area contributed by atoms with Crippen LogP contribution in [-0.4, -0.2) is 35.1 Å². The predicted molar refractivity (Wildman–Crippen MR) is 100 cm³/mol. The zero-order valence-electron chi connectivity index (χ0n) is 14.9. The topological polar surface area (TPSA) is 44.4 Å². The number of benzene rings is 1. The number of nitrogens with zero attached hydrogens (tertiary/aromatic N) is 1. The number of thiocarbonyl (C=S) groups is 1. The van der Waals surface area contributed by atoms with Crippen molar-refractivity contribution in [2.24, 2.45) is 5.92 Å². The number of halogens is 3. The summed E-state index contributed by atoms with van der Waals surface area (Å²) in [6.07, 6.45) is -1.80. The first-order chi connectivity index (χ1) is 12.2. The van der Waals surface area contributed by atoms with Gasteiger partial charge in [-0.3, -0.25) is 0 Å². The third kappa shape index (κ3) is 5.59. The monoisotopic (exact) mass is 387 g/mol. The second-order valence-corrected chi connectivity index (χ2v) is 7.00. The zero-order chi connectivity index (χ0) is 19.3. The summed E-state index contributed by atoms with van der Waals surface area (Å²) in [7, 11) is 0. The Kier molecular flexibility index (Phi) is 6.86. The van der Waals surface area contributed by atoms with E-state index in [-0.39, 0.29) is 6.04 Å². The van der Waals surface area contributed by atoms with Crippen LogP contribution in [0.2, 0.25) is 0 Å². The first-order valence-electron chi connectivity index (χ1n) is 8.74. The molecule has 1 unspecified atom stereocenters. The van der Waals surface area contributed by atoms with Crippen molar-refractivity contribution in [3.63, 3.8) is 0 Å². The van der Waals surface area contributed by atoms with Crippen molar-refractivity contribution in [2.45, 2.75) is 45.3 Å². The molecular weight excluding hydrogens is 363 g/mol. The van der Waals surface area contributed by atoms with Gasteiger partial charge >= 0.3 is 12.2 Å². The Morgan fingerprint density at radius 1 is 1.27 bits per heavy atom. The highest BCUT2D eigenvalue weighted by Gasteiger charge is 2.30. The molecule has 0 spiro atoms. The molecular formula is C18H24F3N3OS. The zero-order valence-corrected chi connectivity index (χ0v) is 15.7. The van der Waals surface area contributed by atoms with E-state index in [1.165, 1.54) is 12.1 Å². The number of alkyl halides is 3. The van der Waals surface area contributed by atoms with Gasteiger partial charge in [-0.2, -0.15) is 13.2 Å². The summed E-state index contributed by atoms with van der Waals surface area (Å²) in [5, 5.41) is 5.45. The van der Waals surface area contributed by atoms with Crippen LogP contribution >= 0.6 is 12.2 Å². The minimum atomic E-state index is -4.38. The van der Waals surface area contributed by atoms with Gasteiger partial charge in [0, 0.05) is 30.7 Å². The molecule has 1 aromatic rings. The van der Waals surface area contributed by atoms with Crippen molar-refractivity contribution in [2.75, 3.05) is 18.4 Å². The highest BCUT2D eigenvalue weighted by molar-refractivity contribution is 7.80. The Morgan fingerprint density at radius 3 is 2.35 bits per heavy atom. The fourth-order valence-electron chi connectivity index (χ4n) is 2.83. The van der Waals surface area contributed by atoms with Crippen molar-refractivity contribution in [1.29, 1.82) is 0 Å². The van der Waals surface area contributed by atoms with Crippen molar-refractivity contribution >= 4 is 28.9 Å². The van der Waals surface area contributed by atoms with Crippen LogP contribution in [-0.2, 0) is 6.18 Å². The number of anilines is 1. The van der Waals surface area contributed by atoms with E-state index in [4.69, 9.17) is 12.2 Å². The molecule has 1 aromatic carbocycles. The number of carbonyl (C=O) groups is 1. The molecule has 1 atom stereocenters. The molecule has 0 radical (unpaired) electrons. The molecule has 26 heavy (non-hydrogen) atoms. The van der Waals surface area contributed by atoms with E-state index in [1.54, 1.807) is 0 Å². The lowest BCUT2D eigenvalue weighted by atomic mass is 10.0. The summed E-state index contributed by atoms with van der Waals surface area (Å²) in [6.45, 7) is 5.82. The van der Waals surface area contributed by atoms with Gasteiger partial charge in [0.25, 0.3) is 0 Å². The van der Waals surface area contributed by atoms with Crippen LogP contribution in [0.15, 0.2) is 24.3 Å². The normalized spacial score (nSPS) is 16.9. The van der Waals surface area contributed by atoms with Crippen LogP contribution in [0.5, 0.6) is 0 Å². The minimum absolute atomic E-state index is 0.0282. The number of urea groups is 1. The predicted octanol–water partition coefficient (Wildman–Crippen LogP) is 4.66. The second-order valence-electron chi connectivity index (χ2n) is 6.58. The molecule has 1 fully saturated rings. The van der Waals surface area contributed by atoms with Crippen LogP contribution in [0.25, 0.3) is 0 Å². The highest BCUT2D eigenvalue weighted by atomic mass is 32.1. The van der Waals surface area contributed by atoms with E-state index in [1.807, 2.05) is 0 Å². The maximum Gasteiger partial charge on any atom is 0.416 e. The van der Waals surface area contributed by atoms with Gasteiger partial charge < -0.3 is 15.5 Å². The highest BCUT2D eigenvalue weighted by Crippen LogP contribution is 2.29. The van der Waals surface area contributed by atoms with Crippen molar-refractivity contribution in [3.8, 4) is 0 Å². The molecule has 2 amide bonds. The number of piperidine rings is 1. The molecule has 0 bridgehead atoms. The molecule has 1 heterocycles. The number of nitrogens with one attached hydrogen (secondary N) is 2. The Hall–Kier alpha value is -1.83. The van der Waals surface area contributed by atoms with Gasteiger partial charge in [0.15, 0.2) is 0 Å². The first-order valence-corrected chi connectivity index (χ1v) is 9.15. The fourth-order valence-corrected chi connectivity index (χ4v) is 3.17. The lowest BCUT2D eigenvalue weighted by molar-refractivity contribution is -0.137. The lowest BCUT2D eigenvalue weighted by Crippen LogP contribution is -2.48. The average molecular weight is 387 g/mol. The Bertz CT molecular complexity index is 626. The van der Waals surface area contributed by atoms with Crippen molar-refractivity contribution in [1.82, 2.24) is 10.2 Å². The van der Waals surface area contributed by atoms with Crippen molar-refractivity contribution < 1.29 is 18.0 Å². The molecule has 1 aliphatic heterocycles. The van der Waals surface area contributed by atoms with Crippen molar-refractivity contribution in [3.05, 3.63) is 29.8 Å². The molecule has 0 aliphatic carbocycles. The number of hydrogen-bond acceptors (Lipinski definition) is 2. The standard InChI is InChI=1S/C18H24F3N3OS/c1-3-12(2)16(26)24-10-8-15(9-11-24)23-17(25)22-14-6-4-13(5-7-14)18(19,20)21/h4-7,12,15H,3,8-11H2,1-2H3,(H2,22,23,25). The summed E-state index contributed by atoms with van der Waals surface area (Å²) in [6, 6.07) is 4.01. The maximum atomic E-state index is 12.5. The van der Waals surface area contributed by atoms with E-state index >= 15 is 0 Å². The van der Waals surface area contributed by atoms with Crippen LogP contribution in [0.3, 0.4) is 0 Å². The lowest BCUT2D eigenvalue weighted by Gasteiger charge is -2.35. The maximum absolute atomic E-state index is 12.5. The molecule has 2 N–H and O–H groups in total. The van der Waals surface area contributed by atoms with Crippen LogP contribution in [0, 0.1) is 5.92 Å². The number of amides is 2. The van der Waals surface area contributed by atoms with Crippen LogP contribution < -0.4 is 10.6 Å². The first kappa shape index (κ1) is 20.5. The molecule has 1 aliphatic rings. The number of likely N-dealkylation sites (tertiary alicyclic amines) is 1. The Balaban J connectivity index is 1.80. The third-order valence-electron chi connectivity index (χ3n) is 4.65. The smallest absolute Gasteiger partial charge is 0.366 e. The molecule has 4 nitrogen and oxygen atoms in total. The van der Waals surface area contributed by atoms with E-state index in [9.17, 15) is 18.0 Å². The largest absolute Gasteiger partial charge is 0.416 e. The van der Waals surface area contributed by atoms with Gasteiger partial charge in [-0.05, 0) is 43.5 Å². The second kappa shape index (κ2) is 8.70. The van der Waals surface area contributed by atoms with Gasteiger partial charge in [0.05, 0.1) is 10.6 Å². The summed E-state index contributed by atoms with van der Waals surface area (Å²) in [5.74, 6) is 0.373. The molecule has 1 saturated heterocycles. The quantitative estimate of drug-likeness (QED) is 0.739. The van der Waals surface area contributed by atoms with E-state index in [2.05, 4.69) is 29.4 Å². The molecule has 8 heteroatoms. The van der Waals surface area contributed by atoms with Gasteiger partial charge in [-0.15, -0.1) is 0 Å². The van der Waals surface area contributed by atoms with Gasteiger partial charge in [-0.1, -0.05) is 26.1 Å². The molecule has 144 valence electrons. The summed E-state index contributed by atoms with van der Waals surface area (Å²) >= 11 is 5.49. The molecule has 0 aromatic heterocycles. The SMILES string of the molecule is CCC(C)C(=S)N1CCC(NC(=O)Nc2ccc(C(F)(F)F)cc2)CC1. The van der Waals surface area contributed by atoms with E-state index < -0.39 is 17.8 Å². The molecule has 2 rings (SSSR count).